The number of carbonyl (C=O) groups excluding carboxylic acids is 2. The molecule has 0 aliphatic rings. The van der Waals surface area contributed by atoms with Gasteiger partial charge in [-0.1, -0.05) is 219 Å². The average molecular weight is 847 g/mol. The van der Waals surface area contributed by atoms with Crippen LogP contribution in [0, 0.1) is 0 Å². The van der Waals surface area contributed by atoms with Crippen LogP contribution in [-0.2, 0) is 32.7 Å². The molecular formula is C48H97NO8P+. The first-order valence-electron chi connectivity index (χ1n) is 24.8. The molecule has 346 valence electrons. The molecule has 0 aromatic heterocycles. The lowest BCUT2D eigenvalue weighted by molar-refractivity contribution is -0.870. The molecule has 0 bridgehead atoms. The van der Waals surface area contributed by atoms with Crippen molar-refractivity contribution in [2.45, 2.75) is 251 Å². The third-order valence-electron chi connectivity index (χ3n) is 11.1. The number of phosphoric ester groups is 1. The van der Waals surface area contributed by atoms with Gasteiger partial charge in [-0.05, 0) is 12.8 Å². The summed E-state index contributed by atoms with van der Waals surface area (Å²) in [6, 6.07) is 0. The summed E-state index contributed by atoms with van der Waals surface area (Å²) in [5.41, 5.74) is 0. The van der Waals surface area contributed by atoms with Crippen LogP contribution in [0.1, 0.15) is 245 Å². The Morgan fingerprint density at radius 3 is 1.10 bits per heavy atom. The van der Waals surface area contributed by atoms with Gasteiger partial charge in [0.1, 0.15) is 19.8 Å². The average Bonchev–Trinajstić information content (AvgIpc) is 3.17. The quantitative estimate of drug-likeness (QED) is 0.0279. The molecule has 0 aromatic carbocycles. The topological polar surface area (TPSA) is 108 Å². The minimum Gasteiger partial charge on any atom is -0.462 e. The van der Waals surface area contributed by atoms with E-state index in [1.807, 2.05) is 21.1 Å². The summed E-state index contributed by atoms with van der Waals surface area (Å²) in [7, 11) is 1.50. The second-order valence-electron chi connectivity index (χ2n) is 18.2. The van der Waals surface area contributed by atoms with E-state index >= 15 is 0 Å². The fourth-order valence-electron chi connectivity index (χ4n) is 7.25. The molecule has 1 N–H and O–H groups in total. The molecule has 58 heavy (non-hydrogen) atoms. The van der Waals surface area contributed by atoms with E-state index in [4.69, 9.17) is 18.5 Å². The number of unbranched alkanes of at least 4 members (excludes halogenated alkanes) is 32. The van der Waals surface area contributed by atoms with Gasteiger partial charge in [0.2, 0.25) is 0 Å². The summed E-state index contributed by atoms with van der Waals surface area (Å²) in [6.07, 6.45) is 42.9. The Bertz CT molecular complexity index is 958. The summed E-state index contributed by atoms with van der Waals surface area (Å²) in [5.74, 6) is -0.779. The number of likely N-dealkylation sites (N-methyl/N-ethyl adjacent to an activating group) is 1. The van der Waals surface area contributed by atoms with Gasteiger partial charge in [0, 0.05) is 12.8 Å². The van der Waals surface area contributed by atoms with Gasteiger partial charge in [-0.25, -0.2) is 4.57 Å². The number of nitrogens with zero attached hydrogens (tertiary/aromatic N) is 1. The van der Waals surface area contributed by atoms with Crippen molar-refractivity contribution in [3.8, 4) is 0 Å². The lowest BCUT2D eigenvalue weighted by Gasteiger charge is -2.24. The Morgan fingerprint density at radius 2 is 0.776 bits per heavy atom. The summed E-state index contributed by atoms with van der Waals surface area (Å²) < 4.78 is 34.4. The van der Waals surface area contributed by atoms with E-state index in [-0.39, 0.29) is 25.6 Å². The summed E-state index contributed by atoms with van der Waals surface area (Å²) in [5, 5.41) is 0. The Morgan fingerprint density at radius 1 is 0.466 bits per heavy atom. The molecule has 0 aromatic rings. The number of esters is 2. The molecular weight excluding hydrogens is 750 g/mol. The summed E-state index contributed by atoms with van der Waals surface area (Å²) >= 11 is 0. The number of hydrogen-bond acceptors (Lipinski definition) is 7. The van der Waals surface area contributed by atoms with Gasteiger partial charge >= 0.3 is 19.8 Å². The van der Waals surface area contributed by atoms with E-state index in [1.54, 1.807) is 0 Å². The van der Waals surface area contributed by atoms with Crippen LogP contribution in [0.15, 0.2) is 0 Å². The van der Waals surface area contributed by atoms with Crippen molar-refractivity contribution in [2.75, 3.05) is 47.5 Å². The second kappa shape index (κ2) is 41.4. The Labute approximate surface area is 359 Å². The first-order chi connectivity index (χ1) is 28.0. The van der Waals surface area contributed by atoms with Crippen molar-refractivity contribution in [3.63, 3.8) is 0 Å². The molecule has 9 nitrogen and oxygen atoms in total. The highest BCUT2D eigenvalue weighted by molar-refractivity contribution is 7.47. The molecule has 2 atom stereocenters. The van der Waals surface area contributed by atoms with Crippen molar-refractivity contribution >= 4 is 19.8 Å². The van der Waals surface area contributed by atoms with Gasteiger partial charge in [0.15, 0.2) is 6.10 Å². The highest BCUT2D eigenvalue weighted by atomic mass is 31.2. The van der Waals surface area contributed by atoms with E-state index in [0.717, 1.165) is 38.5 Å². The molecule has 0 spiro atoms. The van der Waals surface area contributed by atoms with Crippen LogP contribution in [0.25, 0.3) is 0 Å². The molecule has 0 saturated carbocycles. The van der Waals surface area contributed by atoms with E-state index in [9.17, 15) is 19.0 Å². The van der Waals surface area contributed by atoms with E-state index in [2.05, 4.69) is 13.8 Å². The fourth-order valence-corrected chi connectivity index (χ4v) is 7.99. The van der Waals surface area contributed by atoms with Gasteiger partial charge in [-0.15, -0.1) is 0 Å². The minimum atomic E-state index is -4.37. The largest absolute Gasteiger partial charge is 0.472 e. The molecule has 0 aliphatic carbocycles. The zero-order valence-electron chi connectivity index (χ0n) is 39.1. The molecule has 0 amide bonds. The fraction of sp³-hybridized carbons (Fsp3) is 0.958. The van der Waals surface area contributed by atoms with E-state index < -0.39 is 26.5 Å². The van der Waals surface area contributed by atoms with Crippen molar-refractivity contribution in [3.05, 3.63) is 0 Å². The number of carbonyl (C=O) groups is 2. The van der Waals surface area contributed by atoms with Crippen LogP contribution in [0.5, 0.6) is 0 Å². The SMILES string of the molecule is CCCCCCCCCCCCCCCCCCCC(=O)OCC(COP(=O)(O)OCC[N+](C)(C)C)OC(=O)CCCCCCCCCCCCCCCCCCC. The van der Waals surface area contributed by atoms with Crippen LogP contribution < -0.4 is 0 Å². The number of rotatable bonds is 46. The summed E-state index contributed by atoms with van der Waals surface area (Å²) in [6.45, 7) is 4.48. The number of hydrogen-bond donors (Lipinski definition) is 1. The van der Waals surface area contributed by atoms with Crippen molar-refractivity contribution in [1.29, 1.82) is 0 Å². The molecule has 0 rings (SSSR count). The smallest absolute Gasteiger partial charge is 0.462 e. The van der Waals surface area contributed by atoms with Gasteiger partial charge in [0.05, 0.1) is 27.7 Å². The maximum atomic E-state index is 12.7. The lowest BCUT2D eigenvalue weighted by Crippen LogP contribution is -2.37. The third-order valence-corrected chi connectivity index (χ3v) is 12.1. The van der Waals surface area contributed by atoms with Crippen LogP contribution in [-0.4, -0.2) is 74.9 Å². The van der Waals surface area contributed by atoms with Crippen molar-refractivity contribution in [1.82, 2.24) is 0 Å². The number of ether oxygens (including phenoxy) is 2. The molecule has 0 saturated heterocycles. The predicted octanol–water partition coefficient (Wildman–Crippen LogP) is 14.4. The minimum absolute atomic E-state index is 0.0371. The first kappa shape index (κ1) is 57.0. The maximum Gasteiger partial charge on any atom is 0.472 e. The van der Waals surface area contributed by atoms with E-state index in [0.29, 0.717) is 17.4 Å². The maximum absolute atomic E-state index is 12.7. The predicted molar refractivity (Wildman–Crippen MR) is 243 cm³/mol. The summed E-state index contributed by atoms with van der Waals surface area (Å²) in [4.78, 5) is 35.5. The van der Waals surface area contributed by atoms with Crippen LogP contribution in [0.3, 0.4) is 0 Å². The van der Waals surface area contributed by atoms with Gasteiger partial charge in [-0.2, -0.15) is 0 Å². The molecule has 0 heterocycles. The molecule has 0 fully saturated rings. The lowest BCUT2D eigenvalue weighted by atomic mass is 10.0. The molecule has 10 heteroatoms. The molecule has 0 radical (unpaired) electrons. The molecule has 2 unspecified atom stereocenters. The third kappa shape index (κ3) is 44.6. The first-order valence-corrected chi connectivity index (χ1v) is 26.3. The normalized spacial score (nSPS) is 13.4. The monoisotopic (exact) mass is 847 g/mol. The number of phosphoric acid groups is 1. The zero-order valence-corrected chi connectivity index (χ0v) is 40.0. The van der Waals surface area contributed by atoms with Gasteiger partial charge < -0.3 is 18.9 Å². The van der Waals surface area contributed by atoms with Crippen LogP contribution in [0.2, 0.25) is 0 Å². The zero-order chi connectivity index (χ0) is 42.8. The Kier molecular flexibility index (Phi) is 40.7. The highest BCUT2D eigenvalue weighted by Gasteiger charge is 2.27. The number of quaternary nitrogens is 1. The van der Waals surface area contributed by atoms with Gasteiger partial charge in [-0.3, -0.25) is 18.6 Å². The van der Waals surface area contributed by atoms with Gasteiger partial charge in [0.25, 0.3) is 0 Å². The van der Waals surface area contributed by atoms with Crippen LogP contribution >= 0.6 is 7.82 Å². The van der Waals surface area contributed by atoms with E-state index in [1.165, 1.54) is 180 Å². The highest BCUT2D eigenvalue weighted by Crippen LogP contribution is 2.43. The van der Waals surface area contributed by atoms with Crippen molar-refractivity contribution < 1.29 is 42.1 Å². The second-order valence-corrected chi connectivity index (χ2v) is 19.7. The Hall–Kier alpha value is -0.990. The Balaban J connectivity index is 4.23. The van der Waals surface area contributed by atoms with Crippen molar-refractivity contribution in [2.24, 2.45) is 0 Å². The van der Waals surface area contributed by atoms with Crippen LogP contribution in [0.4, 0.5) is 0 Å². The standard InChI is InChI=1S/C48H96NO8P/c1-6-8-10-12-14-16-18-20-22-24-26-28-30-32-34-36-38-40-47(50)54-44-46(45-56-58(52,53)55-43-42-49(3,4)5)57-48(51)41-39-37-35-33-31-29-27-25-23-21-19-17-15-13-11-9-7-2/h46H,6-45H2,1-5H3/p+1. The molecule has 0 aliphatic heterocycles.